The van der Waals surface area contributed by atoms with E-state index in [4.69, 9.17) is 14.7 Å². The number of amides is 1. The molecule has 40 heavy (non-hydrogen) atoms. The second kappa shape index (κ2) is 11.0. The van der Waals surface area contributed by atoms with E-state index < -0.39 is 0 Å². The molecule has 0 radical (unpaired) electrons. The molecule has 2 atom stereocenters. The van der Waals surface area contributed by atoms with Crippen LogP contribution in [0.5, 0.6) is 11.8 Å². The zero-order chi connectivity index (χ0) is 27.8. The van der Waals surface area contributed by atoms with Gasteiger partial charge in [-0.2, -0.15) is 9.97 Å². The molecule has 0 bridgehead atoms. The fraction of sp³-hybridized carbons (Fsp3) is 0.452. The number of hydrogen-bond donors (Lipinski definition) is 1. The van der Waals surface area contributed by atoms with Crippen molar-refractivity contribution in [2.45, 2.75) is 44.8 Å². The Bertz CT molecular complexity index is 1430. The first kappa shape index (κ1) is 26.4. The Morgan fingerprint density at radius 1 is 1.15 bits per heavy atom. The summed E-state index contributed by atoms with van der Waals surface area (Å²) in [7, 11) is 2.14. The number of benzene rings is 2. The molecule has 6 rings (SSSR count). The van der Waals surface area contributed by atoms with Crippen molar-refractivity contribution in [3.05, 3.63) is 60.3 Å². The summed E-state index contributed by atoms with van der Waals surface area (Å²) in [6, 6.07) is 12.6. The average molecular weight is 543 g/mol. The van der Waals surface area contributed by atoms with Crippen LogP contribution in [-0.4, -0.2) is 89.2 Å². The number of ether oxygens (including phenoxy) is 1. The Labute approximate surface area is 235 Å². The third-order valence-corrected chi connectivity index (χ3v) is 8.65. The zero-order valence-corrected chi connectivity index (χ0v) is 23.4. The zero-order valence-electron chi connectivity index (χ0n) is 23.4. The number of piperazine rings is 1. The summed E-state index contributed by atoms with van der Waals surface area (Å²) in [5, 5.41) is 12.6. The minimum Gasteiger partial charge on any atom is -0.508 e. The normalized spacial score (nSPS) is 21.5. The van der Waals surface area contributed by atoms with Crippen molar-refractivity contribution in [1.29, 1.82) is 0 Å². The van der Waals surface area contributed by atoms with E-state index in [2.05, 4.69) is 41.3 Å². The fourth-order valence-electron chi connectivity index (χ4n) is 6.41. The molecule has 2 aromatic carbocycles. The second-order valence-corrected chi connectivity index (χ2v) is 11.2. The summed E-state index contributed by atoms with van der Waals surface area (Å²) >= 11 is 0. The first-order valence-electron chi connectivity index (χ1n) is 14.3. The Hall–Kier alpha value is -3.85. The summed E-state index contributed by atoms with van der Waals surface area (Å²) in [6.07, 6.45) is 4.47. The lowest BCUT2D eigenvalue weighted by molar-refractivity contribution is -0.128. The van der Waals surface area contributed by atoms with E-state index in [-0.39, 0.29) is 17.7 Å². The fourth-order valence-corrected chi connectivity index (χ4v) is 6.41. The second-order valence-electron chi connectivity index (χ2n) is 11.2. The maximum absolute atomic E-state index is 12.3. The van der Waals surface area contributed by atoms with Crippen LogP contribution in [0.4, 0.5) is 11.5 Å². The predicted molar refractivity (Wildman–Crippen MR) is 157 cm³/mol. The summed E-state index contributed by atoms with van der Waals surface area (Å²) < 4.78 is 6.26. The molecule has 1 amide bonds. The van der Waals surface area contributed by atoms with Crippen LogP contribution in [0, 0.1) is 0 Å². The first-order chi connectivity index (χ1) is 19.4. The number of phenolic OH excluding ortho intramolecular Hbond substituents is 1. The average Bonchev–Trinajstić information content (AvgIpc) is 3.38. The Morgan fingerprint density at radius 3 is 2.77 bits per heavy atom. The molecule has 210 valence electrons. The number of aromatic hydroxyl groups is 1. The molecule has 0 saturated carbocycles. The highest BCUT2D eigenvalue weighted by atomic mass is 16.5. The highest BCUT2D eigenvalue weighted by molar-refractivity contribution is 5.95. The van der Waals surface area contributed by atoms with Gasteiger partial charge in [-0.3, -0.25) is 4.79 Å². The highest BCUT2D eigenvalue weighted by Crippen LogP contribution is 2.36. The minimum absolute atomic E-state index is 0.0319. The molecule has 0 unspecified atom stereocenters. The number of rotatable bonds is 6. The van der Waals surface area contributed by atoms with Crippen molar-refractivity contribution in [3.8, 4) is 11.8 Å². The maximum atomic E-state index is 12.3. The van der Waals surface area contributed by atoms with E-state index in [1.54, 1.807) is 6.07 Å². The standard InChI is InChI=1S/C31H38N6O3/c1-4-29(39)37-15-14-36(18-21(37)2)30-26-11-13-35(28-17-24(38)16-22-8-5-6-10-25(22)28)19-27(26)32-31(33-30)40-20-23-9-7-12-34(23)3/h4-6,8,10,16-17,21,23,38H,1,7,9,11-15,18-20H2,2-3H3/t21-,23-/m1/s1. The van der Waals surface area contributed by atoms with Crippen LogP contribution in [0.25, 0.3) is 10.8 Å². The summed E-state index contributed by atoms with van der Waals surface area (Å²) in [5.74, 6) is 1.14. The van der Waals surface area contributed by atoms with Crippen LogP contribution in [0.1, 0.15) is 31.0 Å². The summed E-state index contributed by atoms with van der Waals surface area (Å²) in [4.78, 5) is 31.1. The molecular weight excluding hydrogens is 504 g/mol. The maximum Gasteiger partial charge on any atom is 0.318 e. The minimum atomic E-state index is -0.0319. The third-order valence-electron chi connectivity index (χ3n) is 8.65. The van der Waals surface area contributed by atoms with E-state index in [1.807, 2.05) is 29.2 Å². The van der Waals surface area contributed by atoms with Crippen molar-refractivity contribution in [3.63, 3.8) is 0 Å². The Kier molecular flexibility index (Phi) is 7.23. The topological polar surface area (TPSA) is 85.3 Å². The number of carbonyl (C=O) groups is 1. The molecule has 3 aliphatic heterocycles. The number of nitrogens with zero attached hydrogens (tertiary/aromatic N) is 6. The largest absolute Gasteiger partial charge is 0.508 e. The number of likely N-dealkylation sites (N-methyl/N-ethyl adjacent to an activating group) is 1. The number of aromatic nitrogens is 2. The van der Waals surface area contributed by atoms with Gasteiger partial charge < -0.3 is 29.4 Å². The summed E-state index contributed by atoms with van der Waals surface area (Å²) in [6.45, 7) is 10.8. The van der Waals surface area contributed by atoms with Gasteiger partial charge in [-0.15, -0.1) is 0 Å². The number of carbonyl (C=O) groups excluding carboxylic acids is 1. The van der Waals surface area contributed by atoms with Gasteiger partial charge in [0.25, 0.3) is 0 Å². The van der Waals surface area contributed by atoms with Gasteiger partial charge in [0.1, 0.15) is 18.2 Å². The quantitative estimate of drug-likeness (QED) is 0.473. The Balaban J connectivity index is 1.33. The lowest BCUT2D eigenvalue weighted by Crippen LogP contribution is -2.54. The van der Waals surface area contributed by atoms with Crippen molar-refractivity contribution in [2.24, 2.45) is 0 Å². The molecule has 3 aliphatic rings. The van der Waals surface area contributed by atoms with Crippen molar-refractivity contribution < 1.29 is 14.6 Å². The summed E-state index contributed by atoms with van der Waals surface area (Å²) in [5.41, 5.74) is 3.10. The van der Waals surface area contributed by atoms with Crippen molar-refractivity contribution >= 4 is 28.2 Å². The lowest BCUT2D eigenvalue weighted by atomic mass is 10.0. The molecule has 0 spiro atoms. The lowest BCUT2D eigenvalue weighted by Gasteiger charge is -2.41. The van der Waals surface area contributed by atoms with Crippen molar-refractivity contribution in [1.82, 2.24) is 19.8 Å². The van der Waals surface area contributed by atoms with Crippen LogP contribution in [0.2, 0.25) is 0 Å². The smallest absolute Gasteiger partial charge is 0.318 e. The van der Waals surface area contributed by atoms with E-state index in [0.29, 0.717) is 44.8 Å². The molecule has 9 nitrogen and oxygen atoms in total. The van der Waals surface area contributed by atoms with Gasteiger partial charge in [0, 0.05) is 61.0 Å². The number of likely N-dealkylation sites (tertiary alicyclic amines) is 1. The number of anilines is 2. The molecule has 3 aromatic rings. The molecule has 0 aliphatic carbocycles. The molecule has 4 heterocycles. The van der Waals surface area contributed by atoms with Gasteiger partial charge in [-0.25, -0.2) is 0 Å². The molecule has 2 saturated heterocycles. The van der Waals surface area contributed by atoms with Gasteiger partial charge in [0.15, 0.2) is 0 Å². The van der Waals surface area contributed by atoms with E-state index in [9.17, 15) is 9.90 Å². The SMILES string of the molecule is C=CC(=O)N1CCN(c2nc(OC[C@H]3CCCN3C)nc3c2CCN(c2cc(O)cc4ccccc24)C3)C[C@H]1C. The molecule has 1 aromatic heterocycles. The van der Waals surface area contributed by atoms with Crippen LogP contribution >= 0.6 is 0 Å². The molecule has 9 heteroatoms. The third kappa shape index (κ3) is 5.06. The first-order valence-corrected chi connectivity index (χ1v) is 14.3. The molecular formula is C31H38N6O3. The van der Waals surface area contributed by atoms with Crippen LogP contribution in [0.3, 0.4) is 0 Å². The highest BCUT2D eigenvalue weighted by Gasteiger charge is 2.32. The van der Waals surface area contributed by atoms with Gasteiger partial charge in [0.05, 0.1) is 12.2 Å². The van der Waals surface area contributed by atoms with Gasteiger partial charge in [-0.1, -0.05) is 30.8 Å². The monoisotopic (exact) mass is 542 g/mol. The van der Waals surface area contributed by atoms with Crippen LogP contribution < -0.4 is 14.5 Å². The van der Waals surface area contributed by atoms with Crippen LogP contribution in [-0.2, 0) is 17.8 Å². The predicted octanol–water partition coefficient (Wildman–Crippen LogP) is 3.59. The number of phenols is 1. The van der Waals surface area contributed by atoms with Gasteiger partial charge in [0.2, 0.25) is 5.91 Å². The van der Waals surface area contributed by atoms with Crippen molar-refractivity contribution in [2.75, 3.05) is 56.2 Å². The number of fused-ring (bicyclic) bond motifs is 2. The Morgan fingerprint density at radius 2 is 2.00 bits per heavy atom. The molecule has 2 fully saturated rings. The number of hydrogen-bond acceptors (Lipinski definition) is 8. The van der Waals surface area contributed by atoms with E-state index >= 15 is 0 Å². The van der Waals surface area contributed by atoms with Gasteiger partial charge in [-0.05, 0) is 57.3 Å². The van der Waals surface area contributed by atoms with E-state index in [1.165, 1.54) is 12.5 Å². The van der Waals surface area contributed by atoms with E-state index in [0.717, 1.165) is 59.5 Å². The molecule has 1 N–H and O–H groups in total. The van der Waals surface area contributed by atoms with Gasteiger partial charge >= 0.3 is 6.01 Å². The van der Waals surface area contributed by atoms with Crippen LogP contribution in [0.15, 0.2) is 49.1 Å².